The second kappa shape index (κ2) is 53.4. The molecule has 3 aliphatic carbocycles. The van der Waals surface area contributed by atoms with Gasteiger partial charge in [0, 0.05) is 116 Å². The number of carbonyl (C=O) groups excluding carboxylic acids is 1. The van der Waals surface area contributed by atoms with Crippen LogP contribution < -0.4 is 37.2 Å². The molecule has 17 rings (SSSR count). The van der Waals surface area contributed by atoms with Crippen molar-refractivity contribution in [2.24, 2.45) is 30.0 Å². The summed E-state index contributed by atoms with van der Waals surface area (Å²) in [5.74, 6) is 2.82. The van der Waals surface area contributed by atoms with Gasteiger partial charge >= 0.3 is 11.9 Å². The number of morpholine rings is 1. The van der Waals surface area contributed by atoms with Crippen molar-refractivity contribution in [1.82, 2.24) is 40.4 Å². The van der Waals surface area contributed by atoms with Crippen LogP contribution in [-0.4, -0.2) is 194 Å². The number of aromatic carboxylic acids is 2. The molecule has 25 heteroatoms. The minimum atomic E-state index is -0.958. The lowest BCUT2D eigenvalue weighted by Gasteiger charge is -2.34. The molecule has 0 aromatic heterocycles. The minimum absolute atomic E-state index is 0.168. The fourth-order valence-corrected chi connectivity index (χ4v) is 16.8. The first-order valence-corrected chi connectivity index (χ1v) is 47.0. The van der Waals surface area contributed by atoms with Gasteiger partial charge in [0.25, 0.3) is 0 Å². The molecule has 6 aliphatic rings. The van der Waals surface area contributed by atoms with Gasteiger partial charge in [0.15, 0.2) is 11.9 Å². The molecule has 3 saturated heterocycles. The zero-order valence-electron chi connectivity index (χ0n) is 78.5. The highest BCUT2D eigenvalue weighted by molar-refractivity contribution is 6.06. The van der Waals surface area contributed by atoms with E-state index in [-0.39, 0.29) is 23.6 Å². The molecular formula is C109H132N18O7. The van der Waals surface area contributed by atoms with Gasteiger partial charge in [-0.3, -0.25) is 10.1 Å². The van der Waals surface area contributed by atoms with E-state index in [0.717, 1.165) is 129 Å². The summed E-state index contributed by atoms with van der Waals surface area (Å²) in [6, 6.07) is 100. The van der Waals surface area contributed by atoms with Crippen LogP contribution in [0.15, 0.2) is 333 Å². The average molecular weight is 1810 g/mol. The topological polar surface area (TPSA) is 285 Å². The molecule has 1 amide bonds. The van der Waals surface area contributed by atoms with Crippen molar-refractivity contribution < 1.29 is 34.1 Å². The smallest absolute Gasteiger partial charge is 0.335 e. The summed E-state index contributed by atoms with van der Waals surface area (Å²) in [4.78, 5) is 72.8. The third-order valence-corrected chi connectivity index (χ3v) is 23.5. The zero-order valence-corrected chi connectivity index (χ0v) is 78.5. The highest BCUT2D eigenvalue weighted by atomic mass is 16.5. The SMILES string of the molecule is C1CCC(NC(=NC2CCOCC2)N2CCOCC2)CC1.CC(=O)NC(=Nc1ccccc1)Nc1ccccc1.CN(C)C(=Nc1cccc2ccccc12)N(C)C.CN1C(=Nc2ccccc2)N(C)C(c2ccccc2)C1c1ccccc1.O=C(O)c1ccc(N=C(Nc2ccccc2)Nc2ccccc2)cc1.O=C(O)c1ccc(NC(=NC2CCCCC2)NC2CCCCC2)cc1. The minimum Gasteiger partial charge on any atom is -0.478 e. The molecule has 0 spiro atoms. The molecule has 2 unspecified atom stereocenters. The van der Waals surface area contributed by atoms with E-state index in [0.29, 0.717) is 47.3 Å². The lowest BCUT2D eigenvalue weighted by molar-refractivity contribution is -0.117. The van der Waals surface area contributed by atoms with Crippen LogP contribution in [0, 0.1) is 0 Å². The normalized spacial score (nSPS) is 16.6. The monoisotopic (exact) mass is 1810 g/mol. The number of likely N-dealkylation sites (N-methyl/N-ethyl adjacent to an activating group) is 2. The Morgan fingerprint density at radius 1 is 0.373 bits per heavy atom. The fourth-order valence-electron chi connectivity index (χ4n) is 16.8. The van der Waals surface area contributed by atoms with Gasteiger partial charge in [-0.05, 0) is 183 Å². The number of guanidine groups is 6. The van der Waals surface area contributed by atoms with Crippen LogP contribution in [0.1, 0.15) is 160 Å². The molecule has 25 nitrogen and oxygen atoms in total. The number of carbonyl (C=O) groups is 3. The summed E-state index contributed by atoms with van der Waals surface area (Å²) in [5, 5.41) is 43.4. The first-order chi connectivity index (χ1) is 65.4. The molecule has 11 aromatic carbocycles. The highest BCUT2D eigenvalue weighted by Gasteiger charge is 2.42. The number of nitrogens with one attached hydrogen (secondary N) is 7. The van der Waals surface area contributed by atoms with E-state index in [1.165, 1.54) is 124 Å². The summed E-state index contributed by atoms with van der Waals surface area (Å²) in [7, 11) is 12.3. The molecule has 0 radical (unpaired) electrons. The summed E-state index contributed by atoms with van der Waals surface area (Å²) in [6.07, 6.45) is 21.2. The highest BCUT2D eigenvalue weighted by Crippen LogP contribution is 2.44. The van der Waals surface area contributed by atoms with E-state index in [2.05, 4.69) is 167 Å². The lowest BCUT2D eigenvalue weighted by Crippen LogP contribution is -2.51. The predicted octanol–water partition coefficient (Wildman–Crippen LogP) is 21.7. The van der Waals surface area contributed by atoms with Gasteiger partial charge in [-0.25, -0.2) is 39.5 Å². The molecule has 3 saturated carbocycles. The van der Waals surface area contributed by atoms with E-state index in [9.17, 15) is 14.4 Å². The van der Waals surface area contributed by atoms with Crippen LogP contribution in [0.2, 0.25) is 0 Å². The zero-order chi connectivity index (χ0) is 93.9. The number of benzene rings is 11. The van der Waals surface area contributed by atoms with Crippen molar-refractivity contribution in [2.45, 2.75) is 152 Å². The lowest BCUT2D eigenvalue weighted by atomic mass is 9.93. The number of para-hydroxylation sites is 5. The molecule has 0 bridgehead atoms. The number of nitrogens with zero attached hydrogens (tertiary/aromatic N) is 11. The molecular weight excluding hydrogens is 1670 g/mol. The standard InChI is InChI=1S/C23H23N3.C20H29N3O2.C20H17N3O2.C16H29N3O2.C15H15N3O.C15H19N3/c1-25-21(18-12-6-3-7-13-18)22(19-14-8-4-9-15-19)26(2)23(25)24-20-16-10-5-11-17-20;2*24-19(25)15-11-13-18(14-12-15)23-20(21-16-7-3-1-4-8-16)22-17-9-5-2-6-10-17;1-2-4-14(5-3-1)17-16(19-8-12-21-13-9-19)18-15-6-10-20-11-7-15;1-12(19)16-15(17-13-8-4-2-5-9-13)18-14-10-6-3-7-11-14;1-17(2)15(18(3)4)16-14-11-7-9-12-8-5-6-10-13(12)14/h3-17,21-22H,1-2H3;11-14,16-17H,1-10H2,(H,24,25)(H2,21,22,23);1-14H,(H,24,25)(H2,21,22,23);14-15H,1-13H2,(H,17,18);2-11H,1H3,(H2,16,17,18,19);5-11H,1-4H3. The van der Waals surface area contributed by atoms with Crippen LogP contribution in [0.5, 0.6) is 0 Å². The molecule has 11 aromatic rings. The van der Waals surface area contributed by atoms with Gasteiger partial charge in [0.1, 0.15) is 0 Å². The average Bonchev–Trinajstić information content (AvgIpc) is 1.61. The Balaban J connectivity index is 0.000000146. The molecule has 2 atom stereocenters. The maximum atomic E-state index is 11.2. The maximum Gasteiger partial charge on any atom is 0.335 e. The van der Waals surface area contributed by atoms with E-state index in [1.807, 2.05) is 214 Å². The Morgan fingerprint density at radius 3 is 1.25 bits per heavy atom. The van der Waals surface area contributed by atoms with Gasteiger partial charge < -0.3 is 76.1 Å². The van der Waals surface area contributed by atoms with Crippen molar-refractivity contribution >= 4 is 110 Å². The van der Waals surface area contributed by atoms with E-state index >= 15 is 0 Å². The summed E-state index contributed by atoms with van der Waals surface area (Å²) < 4.78 is 10.9. The summed E-state index contributed by atoms with van der Waals surface area (Å²) in [6.45, 7) is 6.72. The number of rotatable bonds is 16. The van der Waals surface area contributed by atoms with Crippen LogP contribution in [0.3, 0.4) is 0 Å². The Kier molecular flexibility index (Phi) is 39.4. The molecule has 3 aliphatic heterocycles. The number of fused-ring (bicyclic) bond motifs is 1. The van der Waals surface area contributed by atoms with Crippen molar-refractivity contribution in [1.29, 1.82) is 0 Å². The first-order valence-electron chi connectivity index (χ1n) is 47.0. The maximum absolute atomic E-state index is 11.2. The number of carboxylic acid groups (broad SMARTS) is 2. The first kappa shape index (κ1) is 98.9. The van der Waals surface area contributed by atoms with Crippen molar-refractivity contribution in [3.8, 4) is 0 Å². The van der Waals surface area contributed by atoms with Crippen LogP contribution in [-0.2, 0) is 14.3 Å². The summed E-state index contributed by atoms with van der Waals surface area (Å²) in [5.41, 5.74) is 10.1. The van der Waals surface area contributed by atoms with Gasteiger partial charge in [0.2, 0.25) is 29.7 Å². The number of carboxylic acids is 2. The molecule has 700 valence electrons. The van der Waals surface area contributed by atoms with E-state index < -0.39 is 11.9 Å². The van der Waals surface area contributed by atoms with Gasteiger partial charge in [-0.1, -0.05) is 246 Å². The van der Waals surface area contributed by atoms with Gasteiger partial charge in [0.05, 0.1) is 71.3 Å². The third kappa shape index (κ3) is 32.4. The van der Waals surface area contributed by atoms with Gasteiger partial charge in [-0.15, -0.1) is 0 Å². The quantitative estimate of drug-likeness (QED) is 0.0321. The number of hydrogen-bond donors (Lipinski definition) is 9. The molecule has 6 fully saturated rings. The molecule has 9 N–H and O–H groups in total. The van der Waals surface area contributed by atoms with Crippen molar-refractivity contribution in [3.05, 3.63) is 326 Å². The Labute approximate surface area is 790 Å². The number of anilines is 4. The molecule has 3 heterocycles. The second-order valence-corrected chi connectivity index (χ2v) is 34.3. The Bertz CT molecular complexity index is 5430. The Morgan fingerprint density at radius 2 is 0.761 bits per heavy atom. The molecule has 134 heavy (non-hydrogen) atoms. The van der Waals surface area contributed by atoms with Crippen LogP contribution in [0.25, 0.3) is 10.8 Å². The number of ether oxygens (including phenoxy) is 2. The van der Waals surface area contributed by atoms with Crippen LogP contribution >= 0.6 is 0 Å². The van der Waals surface area contributed by atoms with Crippen molar-refractivity contribution in [2.75, 3.05) is 103 Å². The van der Waals surface area contributed by atoms with E-state index in [4.69, 9.17) is 39.7 Å². The third-order valence-electron chi connectivity index (χ3n) is 23.5. The van der Waals surface area contributed by atoms with Crippen molar-refractivity contribution in [3.63, 3.8) is 0 Å². The largest absolute Gasteiger partial charge is 0.478 e. The second-order valence-electron chi connectivity index (χ2n) is 34.3. The van der Waals surface area contributed by atoms with Crippen LogP contribution in [0.4, 0.5) is 45.5 Å². The number of amides is 1. The summed E-state index contributed by atoms with van der Waals surface area (Å²) >= 11 is 0. The van der Waals surface area contributed by atoms with E-state index in [1.54, 1.807) is 24.3 Å². The number of hydrogen-bond acceptors (Lipinski definition) is 11. The number of aliphatic imine (C=N–C) groups is 6. The van der Waals surface area contributed by atoms with Gasteiger partial charge in [-0.2, -0.15) is 0 Å². The fraction of sp³-hybridized carbons (Fsp3) is 0.330. The Hall–Kier alpha value is -14.2. The predicted molar refractivity (Wildman–Crippen MR) is 549 cm³/mol.